The molecule has 0 spiro atoms. The fourth-order valence-corrected chi connectivity index (χ4v) is 5.36. The zero-order valence-corrected chi connectivity index (χ0v) is 35.1. The molecular formula is C41H68N2O16. The number of ether oxygens (including phenoxy) is 10. The number of fused-ring (bicyclic) bond motifs is 1. The van der Waals surface area contributed by atoms with Crippen molar-refractivity contribution in [2.45, 2.75) is 45.4 Å². The Labute approximate surface area is 347 Å². The number of nitrogens with two attached hydrogens (primary N) is 1. The number of amides is 1. The maximum absolute atomic E-state index is 13.4. The summed E-state index contributed by atoms with van der Waals surface area (Å²) in [6.45, 7) is 13.8. The van der Waals surface area contributed by atoms with E-state index in [1.807, 2.05) is 6.79 Å². The SMILES string of the molecule is C=O.COCCOCCOCCOCCOCCOCCOCCOCCOCCOCCCN(CCCCCC(=O)O)C(=O)Cc1c(C)c2ccc(N)cc2oc1=O. The van der Waals surface area contributed by atoms with E-state index in [0.29, 0.717) is 187 Å². The molecule has 59 heavy (non-hydrogen) atoms. The summed E-state index contributed by atoms with van der Waals surface area (Å²) in [7, 11) is 1.64. The van der Waals surface area contributed by atoms with Crippen LogP contribution in [0, 0.1) is 6.92 Å². The van der Waals surface area contributed by atoms with Crippen molar-refractivity contribution in [1.82, 2.24) is 4.90 Å². The quantitative estimate of drug-likeness (QED) is 0.0561. The minimum Gasteiger partial charge on any atom is -0.481 e. The predicted molar refractivity (Wildman–Crippen MR) is 219 cm³/mol. The molecule has 0 bridgehead atoms. The number of hydrogen-bond donors (Lipinski definition) is 2. The van der Waals surface area contributed by atoms with Gasteiger partial charge in [0.1, 0.15) is 12.4 Å². The van der Waals surface area contributed by atoms with E-state index in [0.717, 1.165) is 5.39 Å². The van der Waals surface area contributed by atoms with Gasteiger partial charge in [0, 0.05) is 50.4 Å². The van der Waals surface area contributed by atoms with Gasteiger partial charge in [-0.05, 0) is 43.9 Å². The molecule has 0 unspecified atom stereocenters. The van der Waals surface area contributed by atoms with E-state index in [9.17, 15) is 14.4 Å². The van der Waals surface area contributed by atoms with Crippen molar-refractivity contribution in [3.05, 3.63) is 39.7 Å². The van der Waals surface area contributed by atoms with Gasteiger partial charge in [0.05, 0.1) is 131 Å². The van der Waals surface area contributed by atoms with E-state index in [2.05, 4.69) is 0 Å². The van der Waals surface area contributed by atoms with Gasteiger partial charge in [0.15, 0.2) is 0 Å². The van der Waals surface area contributed by atoms with Crippen molar-refractivity contribution < 1.29 is 71.3 Å². The molecule has 1 aromatic carbocycles. The number of benzene rings is 1. The predicted octanol–water partition coefficient (Wildman–Crippen LogP) is 2.70. The second kappa shape index (κ2) is 37.4. The number of nitrogens with zero attached hydrogens (tertiary/aromatic N) is 1. The van der Waals surface area contributed by atoms with Crippen LogP contribution >= 0.6 is 0 Å². The molecule has 1 heterocycles. The average Bonchev–Trinajstić information content (AvgIpc) is 3.22. The molecule has 0 atom stereocenters. The maximum atomic E-state index is 13.4. The van der Waals surface area contributed by atoms with Crippen molar-refractivity contribution in [1.29, 1.82) is 0 Å². The molecule has 338 valence electrons. The van der Waals surface area contributed by atoms with Crippen molar-refractivity contribution >= 4 is 35.3 Å². The van der Waals surface area contributed by atoms with E-state index >= 15 is 0 Å². The summed E-state index contributed by atoms with van der Waals surface area (Å²) < 4.78 is 59.8. The lowest BCUT2D eigenvalue weighted by Gasteiger charge is -2.23. The fraction of sp³-hybridized carbons (Fsp3) is 0.707. The molecule has 3 N–H and O–H groups in total. The van der Waals surface area contributed by atoms with Gasteiger partial charge in [-0.3, -0.25) is 9.59 Å². The van der Waals surface area contributed by atoms with Crippen LogP contribution < -0.4 is 11.4 Å². The zero-order valence-electron chi connectivity index (χ0n) is 35.1. The Kier molecular flexibility index (Phi) is 33.9. The second-order valence-corrected chi connectivity index (χ2v) is 12.9. The molecule has 1 amide bonds. The number of unbranched alkanes of at least 4 members (excludes halogenated alkanes) is 2. The topological polar surface area (TPSA) is 223 Å². The van der Waals surface area contributed by atoms with Crippen LogP contribution in [0.25, 0.3) is 11.0 Å². The third-order valence-electron chi connectivity index (χ3n) is 8.44. The molecule has 0 aliphatic heterocycles. The largest absolute Gasteiger partial charge is 0.481 e. The van der Waals surface area contributed by atoms with E-state index in [4.69, 9.17) is 67.4 Å². The molecule has 2 aromatic rings. The Hall–Kier alpha value is -3.56. The first-order valence-electron chi connectivity index (χ1n) is 20.1. The number of aliphatic carboxylic acids is 1. The Bertz CT molecular complexity index is 1410. The highest BCUT2D eigenvalue weighted by atomic mass is 16.6. The Balaban J connectivity index is 0.00000856. The first-order valence-corrected chi connectivity index (χ1v) is 20.1. The summed E-state index contributed by atoms with van der Waals surface area (Å²) >= 11 is 0. The number of rotatable bonds is 39. The van der Waals surface area contributed by atoms with Gasteiger partial charge in [-0.15, -0.1) is 0 Å². The molecule has 18 nitrogen and oxygen atoms in total. The first kappa shape index (κ1) is 53.5. The molecule has 0 radical (unpaired) electrons. The molecule has 0 fully saturated rings. The van der Waals surface area contributed by atoms with E-state index in [-0.39, 0.29) is 18.7 Å². The summed E-state index contributed by atoms with van der Waals surface area (Å²) in [5.74, 6) is -1.04. The number of carboxylic acid groups (broad SMARTS) is 1. The normalized spacial score (nSPS) is 11.2. The highest BCUT2D eigenvalue weighted by Crippen LogP contribution is 2.22. The Morgan fingerprint density at radius 3 is 1.51 bits per heavy atom. The van der Waals surface area contributed by atoms with Crippen LogP contribution in [0.2, 0.25) is 0 Å². The molecule has 0 aliphatic rings. The van der Waals surface area contributed by atoms with E-state index in [1.54, 1.807) is 37.1 Å². The number of nitrogen functional groups attached to an aromatic ring is 1. The number of anilines is 1. The Morgan fingerprint density at radius 2 is 1.07 bits per heavy atom. The van der Waals surface area contributed by atoms with Gasteiger partial charge >= 0.3 is 11.6 Å². The van der Waals surface area contributed by atoms with Crippen LogP contribution in [0.3, 0.4) is 0 Å². The fourth-order valence-electron chi connectivity index (χ4n) is 5.36. The number of carboxylic acids is 1. The standard InChI is InChI=1S/C40H66N2O15.CH2O/c1-33-35-9-8-34(41)31-37(35)57-40(46)36(33)32-38(43)42(10-5-3-4-7-39(44)45)11-6-12-48-15-16-50-19-20-52-23-24-54-27-28-56-30-29-55-26-25-53-22-21-51-18-17-49-14-13-47-2;1-2/h8-9,31H,3-7,10-30,32,41H2,1-2H3,(H,44,45);1H2. The molecule has 0 saturated carbocycles. The molecule has 2 rings (SSSR count). The molecule has 18 heteroatoms. The van der Waals surface area contributed by atoms with Crippen LogP contribution in [0.1, 0.15) is 43.2 Å². The monoisotopic (exact) mass is 844 g/mol. The van der Waals surface area contributed by atoms with Gasteiger partial charge in [-0.1, -0.05) is 6.42 Å². The van der Waals surface area contributed by atoms with Gasteiger partial charge in [0.25, 0.3) is 0 Å². The van der Waals surface area contributed by atoms with E-state index < -0.39 is 11.6 Å². The Morgan fingerprint density at radius 1 is 0.644 bits per heavy atom. The van der Waals surface area contributed by atoms with Crippen LogP contribution in [-0.4, -0.2) is 174 Å². The van der Waals surface area contributed by atoms with Gasteiger partial charge < -0.3 is 72.3 Å². The van der Waals surface area contributed by atoms with Gasteiger partial charge in [0.2, 0.25) is 5.91 Å². The third-order valence-corrected chi connectivity index (χ3v) is 8.44. The van der Waals surface area contributed by atoms with Crippen molar-refractivity contribution in [2.75, 3.05) is 151 Å². The lowest BCUT2D eigenvalue weighted by Crippen LogP contribution is -2.36. The maximum Gasteiger partial charge on any atom is 0.340 e. The highest BCUT2D eigenvalue weighted by Gasteiger charge is 2.19. The number of aryl methyl sites for hydroxylation is 1. The number of carbonyl (C=O) groups is 3. The molecular weight excluding hydrogens is 776 g/mol. The van der Waals surface area contributed by atoms with E-state index in [1.165, 1.54) is 0 Å². The number of hydrogen-bond acceptors (Lipinski definition) is 16. The first-order chi connectivity index (χ1) is 28.8. The lowest BCUT2D eigenvalue weighted by molar-refractivity contribution is -0.137. The molecule has 0 saturated heterocycles. The molecule has 1 aromatic heterocycles. The number of carbonyl (C=O) groups excluding carboxylic acids is 2. The summed E-state index contributed by atoms with van der Waals surface area (Å²) in [6, 6.07) is 5.10. The van der Waals surface area contributed by atoms with Crippen LogP contribution in [0.15, 0.2) is 27.4 Å². The lowest BCUT2D eigenvalue weighted by atomic mass is 10.0. The van der Waals surface area contributed by atoms with Crippen molar-refractivity contribution in [2.24, 2.45) is 0 Å². The van der Waals surface area contributed by atoms with Crippen LogP contribution in [0.5, 0.6) is 0 Å². The van der Waals surface area contributed by atoms with Crippen molar-refractivity contribution in [3.8, 4) is 0 Å². The van der Waals surface area contributed by atoms with Gasteiger partial charge in [-0.25, -0.2) is 4.79 Å². The smallest absolute Gasteiger partial charge is 0.340 e. The third kappa shape index (κ3) is 27.8. The van der Waals surface area contributed by atoms with Crippen LogP contribution in [0.4, 0.5) is 5.69 Å². The number of methoxy groups -OCH3 is 1. The minimum absolute atomic E-state index is 0.0879. The van der Waals surface area contributed by atoms with Crippen molar-refractivity contribution in [3.63, 3.8) is 0 Å². The summed E-state index contributed by atoms with van der Waals surface area (Å²) in [5, 5.41) is 9.66. The highest BCUT2D eigenvalue weighted by molar-refractivity contribution is 5.86. The summed E-state index contributed by atoms with van der Waals surface area (Å²) in [4.78, 5) is 46.8. The average molecular weight is 845 g/mol. The zero-order chi connectivity index (χ0) is 43.2. The summed E-state index contributed by atoms with van der Waals surface area (Å²) in [5.41, 5.74) is 7.14. The minimum atomic E-state index is -0.840. The summed E-state index contributed by atoms with van der Waals surface area (Å²) in [6.07, 6.45) is 2.45. The second-order valence-electron chi connectivity index (χ2n) is 12.9. The van der Waals surface area contributed by atoms with Crippen LogP contribution in [-0.2, 0) is 68.2 Å². The van der Waals surface area contributed by atoms with Gasteiger partial charge in [-0.2, -0.15) is 0 Å². The molecule has 0 aliphatic carbocycles.